The van der Waals surface area contributed by atoms with Gasteiger partial charge in [-0.05, 0) is 31.0 Å². The second kappa shape index (κ2) is 8.54. The fourth-order valence-electron chi connectivity index (χ4n) is 1.45. The topological polar surface area (TPSA) is 34.1 Å². The van der Waals surface area contributed by atoms with Crippen LogP contribution in [0.4, 0.5) is 0 Å². The third-order valence-electron chi connectivity index (χ3n) is 2.39. The lowest BCUT2D eigenvalue weighted by Crippen LogP contribution is -2.19. The van der Waals surface area contributed by atoms with Crippen molar-refractivity contribution in [2.24, 2.45) is 5.92 Å². The number of rotatable bonds is 8. The molecule has 0 aromatic carbocycles. The summed E-state index contributed by atoms with van der Waals surface area (Å²) in [6.45, 7) is 6.83. The van der Waals surface area contributed by atoms with E-state index in [1.54, 1.807) is 6.20 Å². The van der Waals surface area contributed by atoms with Crippen molar-refractivity contribution >= 4 is 0 Å². The van der Waals surface area contributed by atoms with Gasteiger partial charge >= 0.3 is 0 Å². The lowest BCUT2D eigenvalue weighted by Gasteiger charge is -2.08. The average Bonchev–Trinajstić information content (AvgIpc) is 2.36. The second-order valence-corrected chi connectivity index (χ2v) is 4.67. The number of terminal acetylenes is 1. The molecule has 1 aromatic heterocycles. The average molecular weight is 246 g/mol. The quantitative estimate of drug-likeness (QED) is 0.565. The van der Waals surface area contributed by atoms with Gasteiger partial charge in [0.2, 0.25) is 0 Å². The van der Waals surface area contributed by atoms with Crippen molar-refractivity contribution in [3.05, 3.63) is 24.0 Å². The summed E-state index contributed by atoms with van der Waals surface area (Å²) in [5.74, 6) is 4.05. The molecule has 0 aliphatic rings. The van der Waals surface area contributed by atoms with Crippen molar-refractivity contribution in [1.29, 1.82) is 0 Å². The molecule has 0 amide bonds. The summed E-state index contributed by atoms with van der Waals surface area (Å²) in [7, 11) is 0. The van der Waals surface area contributed by atoms with Crippen LogP contribution in [-0.4, -0.2) is 18.1 Å². The molecular weight excluding hydrogens is 224 g/mol. The minimum atomic E-state index is 0.650. The lowest BCUT2D eigenvalue weighted by atomic mass is 10.2. The number of unbranched alkanes of at least 4 members (excludes halogenated alkanes) is 1. The smallest absolute Gasteiger partial charge is 0.137 e. The lowest BCUT2D eigenvalue weighted by molar-refractivity contribution is 0.311. The zero-order chi connectivity index (χ0) is 13.2. The van der Waals surface area contributed by atoms with Crippen LogP contribution in [0.1, 0.15) is 32.4 Å². The van der Waals surface area contributed by atoms with Gasteiger partial charge in [0.15, 0.2) is 0 Å². The predicted molar refractivity (Wildman–Crippen MR) is 74.3 cm³/mol. The molecule has 0 saturated carbocycles. The van der Waals surface area contributed by atoms with Gasteiger partial charge in [-0.1, -0.05) is 13.8 Å². The Kier molecular flexibility index (Phi) is 6.90. The molecule has 1 aromatic rings. The van der Waals surface area contributed by atoms with Crippen LogP contribution in [0.2, 0.25) is 0 Å². The van der Waals surface area contributed by atoms with E-state index in [1.807, 2.05) is 12.1 Å². The van der Waals surface area contributed by atoms with Gasteiger partial charge in [0.05, 0.1) is 18.5 Å². The maximum atomic E-state index is 5.53. The fourth-order valence-corrected chi connectivity index (χ4v) is 1.45. The Morgan fingerprint density at radius 1 is 1.44 bits per heavy atom. The Hall–Kier alpha value is -1.53. The van der Waals surface area contributed by atoms with Gasteiger partial charge in [-0.15, -0.1) is 12.3 Å². The van der Waals surface area contributed by atoms with E-state index < -0.39 is 0 Å². The Morgan fingerprint density at radius 2 is 2.28 bits per heavy atom. The van der Waals surface area contributed by atoms with Crippen molar-refractivity contribution in [3.63, 3.8) is 0 Å². The standard InChI is InChI=1S/C15H22N2O/c1-4-5-6-9-18-15-8-7-14(17-12-15)11-16-10-13(2)3/h1,7-8,12-13,16H,5-6,9-11H2,2-3H3. The first-order valence-corrected chi connectivity index (χ1v) is 6.44. The number of ether oxygens (including phenoxy) is 1. The highest BCUT2D eigenvalue weighted by atomic mass is 16.5. The van der Waals surface area contributed by atoms with E-state index in [2.05, 4.69) is 30.1 Å². The molecule has 0 bridgehead atoms. The van der Waals surface area contributed by atoms with Crippen LogP contribution < -0.4 is 10.1 Å². The van der Waals surface area contributed by atoms with Gasteiger partial charge in [-0.3, -0.25) is 4.98 Å². The summed E-state index contributed by atoms with van der Waals surface area (Å²) in [6.07, 6.45) is 8.57. The summed E-state index contributed by atoms with van der Waals surface area (Å²) < 4.78 is 5.53. The highest BCUT2D eigenvalue weighted by Gasteiger charge is 1.98. The van der Waals surface area contributed by atoms with Gasteiger partial charge in [0.1, 0.15) is 5.75 Å². The molecule has 98 valence electrons. The van der Waals surface area contributed by atoms with Crippen LogP contribution in [-0.2, 0) is 6.54 Å². The van der Waals surface area contributed by atoms with Gasteiger partial charge < -0.3 is 10.1 Å². The molecule has 1 rings (SSSR count). The number of aromatic nitrogens is 1. The van der Waals surface area contributed by atoms with Crippen molar-refractivity contribution in [2.45, 2.75) is 33.2 Å². The molecule has 0 aliphatic heterocycles. The summed E-state index contributed by atoms with van der Waals surface area (Å²) in [6, 6.07) is 3.94. The number of hydrogen-bond donors (Lipinski definition) is 1. The minimum Gasteiger partial charge on any atom is -0.492 e. The summed E-state index contributed by atoms with van der Waals surface area (Å²) in [5.41, 5.74) is 1.03. The first-order valence-electron chi connectivity index (χ1n) is 6.44. The maximum Gasteiger partial charge on any atom is 0.137 e. The molecule has 0 atom stereocenters. The Labute approximate surface area is 110 Å². The van der Waals surface area contributed by atoms with E-state index in [1.165, 1.54) is 0 Å². The number of nitrogens with zero attached hydrogens (tertiary/aromatic N) is 1. The molecule has 0 unspecified atom stereocenters. The first-order chi connectivity index (χ1) is 8.72. The SMILES string of the molecule is C#CCCCOc1ccc(CNCC(C)C)nc1. The van der Waals surface area contributed by atoms with E-state index in [0.29, 0.717) is 12.5 Å². The molecular formula is C15H22N2O. The Morgan fingerprint density at radius 3 is 2.89 bits per heavy atom. The van der Waals surface area contributed by atoms with E-state index in [-0.39, 0.29) is 0 Å². The van der Waals surface area contributed by atoms with E-state index in [0.717, 1.165) is 37.4 Å². The second-order valence-electron chi connectivity index (χ2n) is 4.67. The molecule has 0 fully saturated rings. The van der Waals surface area contributed by atoms with Crippen LogP contribution in [0.3, 0.4) is 0 Å². The normalized spacial score (nSPS) is 10.3. The third kappa shape index (κ3) is 6.27. The molecule has 0 spiro atoms. The van der Waals surface area contributed by atoms with Crippen LogP contribution in [0.15, 0.2) is 18.3 Å². The zero-order valence-corrected chi connectivity index (χ0v) is 11.3. The molecule has 3 heteroatoms. The molecule has 0 aliphatic carbocycles. The molecule has 18 heavy (non-hydrogen) atoms. The highest BCUT2D eigenvalue weighted by molar-refractivity contribution is 5.19. The highest BCUT2D eigenvalue weighted by Crippen LogP contribution is 2.09. The summed E-state index contributed by atoms with van der Waals surface area (Å²) in [4.78, 5) is 4.35. The van der Waals surface area contributed by atoms with Crippen LogP contribution >= 0.6 is 0 Å². The number of pyridine rings is 1. The summed E-state index contributed by atoms with van der Waals surface area (Å²) >= 11 is 0. The van der Waals surface area contributed by atoms with Crippen LogP contribution in [0, 0.1) is 18.3 Å². The van der Waals surface area contributed by atoms with Crippen molar-refractivity contribution < 1.29 is 4.74 Å². The van der Waals surface area contributed by atoms with Crippen molar-refractivity contribution in [3.8, 4) is 18.1 Å². The van der Waals surface area contributed by atoms with Gasteiger partial charge in [-0.2, -0.15) is 0 Å². The van der Waals surface area contributed by atoms with E-state index >= 15 is 0 Å². The zero-order valence-electron chi connectivity index (χ0n) is 11.3. The molecule has 1 heterocycles. The number of nitrogens with one attached hydrogen (secondary N) is 1. The molecule has 0 radical (unpaired) electrons. The first kappa shape index (κ1) is 14.5. The van der Waals surface area contributed by atoms with Crippen LogP contribution in [0.5, 0.6) is 5.75 Å². The van der Waals surface area contributed by atoms with Gasteiger partial charge in [0, 0.05) is 13.0 Å². The monoisotopic (exact) mass is 246 g/mol. The Balaban J connectivity index is 2.27. The van der Waals surface area contributed by atoms with Gasteiger partial charge in [-0.25, -0.2) is 0 Å². The van der Waals surface area contributed by atoms with Gasteiger partial charge in [0.25, 0.3) is 0 Å². The van der Waals surface area contributed by atoms with E-state index in [9.17, 15) is 0 Å². The predicted octanol–water partition coefficient (Wildman–Crippen LogP) is 2.62. The summed E-state index contributed by atoms with van der Waals surface area (Å²) in [5, 5.41) is 3.36. The molecule has 3 nitrogen and oxygen atoms in total. The maximum absolute atomic E-state index is 5.53. The largest absolute Gasteiger partial charge is 0.492 e. The van der Waals surface area contributed by atoms with Crippen molar-refractivity contribution in [1.82, 2.24) is 10.3 Å². The third-order valence-corrected chi connectivity index (χ3v) is 2.39. The minimum absolute atomic E-state index is 0.650. The molecule has 1 N–H and O–H groups in total. The van der Waals surface area contributed by atoms with Crippen molar-refractivity contribution in [2.75, 3.05) is 13.2 Å². The Bertz CT molecular complexity index is 365. The molecule has 0 saturated heterocycles. The number of hydrogen-bond acceptors (Lipinski definition) is 3. The van der Waals surface area contributed by atoms with E-state index in [4.69, 9.17) is 11.2 Å². The fraction of sp³-hybridized carbons (Fsp3) is 0.533. The van der Waals surface area contributed by atoms with Crippen LogP contribution in [0.25, 0.3) is 0 Å².